The maximum atomic E-state index is 4.30. The number of unbranched alkanes of at least 4 members (excludes halogenated alkanes) is 1. The van der Waals surface area contributed by atoms with Crippen LogP contribution in [0.3, 0.4) is 0 Å². The highest BCUT2D eigenvalue weighted by molar-refractivity contribution is 5.79. The fraction of sp³-hybridized carbons (Fsp3) is 0.545. The summed E-state index contributed by atoms with van der Waals surface area (Å²) in [7, 11) is 1.83. The minimum atomic E-state index is 0.891. The summed E-state index contributed by atoms with van der Waals surface area (Å²) < 4.78 is 1.96. The molecule has 1 saturated heterocycles. The van der Waals surface area contributed by atoms with Crippen molar-refractivity contribution in [3.63, 3.8) is 0 Å². The van der Waals surface area contributed by atoms with Crippen molar-refractivity contribution in [3.8, 4) is 0 Å². The molecule has 0 aliphatic carbocycles. The third-order valence-corrected chi connectivity index (χ3v) is 5.33. The second kappa shape index (κ2) is 12.1. The molecular formula is C22H35N7. The van der Waals surface area contributed by atoms with Gasteiger partial charge >= 0.3 is 0 Å². The molecule has 0 atom stereocenters. The van der Waals surface area contributed by atoms with Crippen LogP contribution in [0, 0.1) is 0 Å². The number of nitrogens with zero attached hydrogens (tertiary/aromatic N) is 5. The van der Waals surface area contributed by atoms with Gasteiger partial charge in [0.1, 0.15) is 0 Å². The second-order valence-corrected chi connectivity index (χ2v) is 7.42. The van der Waals surface area contributed by atoms with E-state index in [4.69, 9.17) is 0 Å². The summed E-state index contributed by atoms with van der Waals surface area (Å²) in [5, 5.41) is 11.0. The van der Waals surface area contributed by atoms with E-state index in [0.717, 1.165) is 64.6 Å². The maximum absolute atomic E-state index is 4.30. The normalized spacial score (nSPS) is 15.5. The zero-order valence-corrected chi connectivity index (χ0v) is 17.6. The molecule has 1 aliphatic heterocycles. The van der Waals surface area contributed by atoms with Gasteiger partial charge in [0.2, 0.25) is 0 Å². The summed E-state index contributed by atoms with van der Waals surface area (Å²) in [5.74, 6) is 0.891. The van der Waals surface area contributed by atoms with Crippen LogP contribution in [0.15, 0.2) is 53.8 Å². The van der Waals surface area contributed by atoms with E-state index in [-0.39, 0.29) is 0 Å². The van der Waals surface area contributed by atoms with Crippen LogP contribution in [0.1, 0.15) is 19.3 Å². The average Bonchev–Trinajstić information content (AvgIpc) is 3.29. The number of hydrogen-bond acceptors (Lipinski definition) is 4. The minimum Gasteiger partial charge on any atom is -0.369 e. The van der Waals surface area contributed by atoms with Crippen molar-refractivity contribution in [2.75, 3.05) is 57.8 Å². The lowest BCUT2D eigenvalue weighted by Crippen LogP contribution is -2.46. The molecule has 0 radical (unpaired) electrons. The molecule has 158 valence electrons. The molecule has 1 fully saturated rings. The van der Waals surface area contributed by atoms with Gasteiger partial charge < -0.3 is 15.5 Å². The number of aryl methyl sites for hydroxylation is 1. The van der Waals surface area contributed by atoms with Gasteiger partial charge in [-0.1, -0.05) is 18.2 Å². The topological polar surface area (TPSA) is 60.7 Å². The van der Waals surface area contributed by atoms with Crippen molar-refractivity contribution in [2.24, 2.45) is 4.99 Å². The summed E-state index contributed by atoms with van der Waals surface area (Å²) >= 11 is 0. The largest absolute Gasteiger partial charge is 0.369 e. The molecule has 7 nitrogen and oxygen atoms in total. The molecule has 2 aromatic rings. The number of nitrogens with one attached hydrogen (secondary N) is 2. The van der Waals surface area contributed by atoms with Crippen molar-refractivity contribution in [1.29, 1.82) is 0 Å². The fourth-order valence-electron chi connectivity index (χ4n) is 3.64. The van der Waals surface area contributed by atoms with E-state index in [9.17, 15) is 0 Å². The van der Waals surface area contributed by atoms with Gasteiger partial charge in [-0.25, -0.2) is 0 Å². The summed E-state index contributed by atoms with van der Waals surface area (Å²) in [6.07, 6.45) is 7.21. The Morgan fingerprint density at radius 3 is 2.38 bits per heavy atom. The zero-order chi connectivity index (χ0) is 20.2. The number of piperazine rings is 1. The Morgan fingerprint density at radius 2 is 1.69 bits per heavy atom. The summed E-state index contributed by atoms with van der Waals surface area (Å²) in [5.41, 5.74) is 1.35. The van der Waals surface area contributed by atoms with E-state index in [0.29, 0.717) is 0 Å². The van der Waals surface area contributed by atoms with Gasteiger partial charge in [0, 0.05) is 70.9 Å². The molecule has 2 N–H and O–H groups in total. The monoisotopic (exact) mass is 397 g/mol. The molecule has 0 amide bonds. The highest BCUT2D eigenvalue weighted by Crippen LogP contribution is 2.15. The number of guanidine groups is 1. The Kier molecular flexibility index (Phi) is 8.85. The predicted molar refractivity (Wildman–Crippen MR) is 121 cm³/mol. The van der Waals surface area contributed by atoms with Crippen LogP contribution in [-0.2, 0) is 6.54 Å². The standard InChI is InChI=1S/C22H35N7/c1-23-22(25-12-7-15-29-16-8-13-26-29)24-11-5-6-14-27-17-19-28(20-18-27)21-9-3-2-4-10-21/h2-4,8-10,13,16H,5-7,11-12,14-15,17-20H2,1H3,(H2,23,24,25). The van der Waals surface area contributed by atoms with E-state index < -0.39 is 0 Å². The van der Waals surface area contributed by atoms with E-state index in [2.05, 4.69) is 60.9 Å². The lowest BCUT2D eigenvalue weighted by atomic mass is 10.2. The van der Waals surface area contributed by atoms with E-state index in [1.807, 2.05) is 30.2 Å². The van der Waals surface area contributed by atoms with Gasteiger partial charge in [0.15, 0.2) is 5.96 Å². The lowest BCUT2D eigenvalue weighted by Gasteiger charge is -2.36. The second-order valence-electron chi connectivity index (χ2n) is 7.42. The van der Waals surface area contributed by atoms with E-state index in [1.54, 1.807) is 0 Å². The number of aromatic nitrogens is 2. The average molecular weight is 398 g/mol. The summed E-state index contributed by atoms with van der Waals surface area (Å²) in [4.78, 5) is 9.37. The first-order valence-electron chi connectivity index (χ1n) is 10.8. The lowest BCUT2D eigenvalue weighted by molar-refractivity contribution is 0.253. The van der Waals surface area contributed by atoms with Crippen molar-refractivity contribution >= 4 is 11.6 Å². The van der Waals surface area contributed by atoms with Gasteiger partial charge in [-0.15, -0.1) is 0 Å². The van der Waals surface area contributed by atoms with Crippen LogP contribution < -0.4 is 15.5 Å². The van der Waals surface area contributed by atoms with Crippen molar-refractivity contribution in [1.82, 2.24) is 25.3 Å². The SMILES string of the molecule is CN=C(NCCCCN1CCN(c2ccccc2)CC1)NCCCn1cccn1. The molecule has 0 unspecified atom stereocenters. The first kappa shape index (κ1) is 21.2. The Balaban J connectivity index is 1.20. The van der Waals surface area contributed by atoms with Gasteiger partial charge in [-0.3, -0.25) is 14.6 Å². The molecule has 0 bridgehead atoms. The van der Waals surface area contributed by atoms with Crippen molar-refractivity contribution in [2.45, 2.75) is 25.8 Å². The molecule has 2 heterocycles. The number of rotatable bonds is 10. The van der Waals surface area contributed by atoms with Gasteiger partial charge in [-0.05, 0) is 44.0 Å². The highest BCUT2D eigenvalue weighted by Gasteiger charge is 2.16. The van der Waals surface area contributed by atoms with Crippen molar-refractivity contribution < 1.29 is 0 Å². The highest BCUT2D eigenvalue weighted by atomic mass is 15.3. The number of aliphatic imine (C=N–C) groups is 1. The number of para-hydroxylation sites is 1. The van der Waals surface area contributed by atoms with Crippen LogP contribution in [0.5, 0.6) is 0 Å². The Morgan fingerprint density at radius 1 is 0.931 bits per heavy atom. The smallest absolute Gasteiger partial charge is 0.190 e. The minimum absolute atomic E-state index is 0.891. The molecule has 7 heteroatoms. The van der Waals surface area contributed by atoms with E-state index in [1.165, 1.54) is 18.7 Å². The van der Waals surface area contributed by atoms with Crippen LogP contribution in [0.4, 0.5) is 5.69 Å². The molecule has 29 heavy (non-hydrogen) atoms. The predicted octanol–water partition coefficient (Wildman–Crippen LogP) is 2.04. The molecule has 1 aromatic heterocycles. The molecule has 1 aromatic carbocycles. The molecule has 1 aliphatic rings. The third-order valence-electron chi connectivity index (χ3n) is 5.33. The van der Waals surface area contributed by atoms with Gasteiger partial charge in [0.25, 0.3) is 0 Å². The van der Waals surface area contributed by atoms with Crippen LogP contribution in [0.2, 0.25) is 0 Å². The third kappa shape index (κ3) is 7.42. The Labute approximate surface area is 174 Å². The number of benzene rings is 1. The van der Waals surface area contributed by atoms with Gasteiger partial charge in [0.05, 0.1) is 0 Å². The number of anilines is 1. The molecule has 0 spiro atoms. The quantitative estimate of drug-likeness (QED) is 0.365. The molecule has 0 saturated carbocycles. The van der Waals surface area contributed by atoms with Crippen LogP contribution in [-0.4, -0.2) is 73.5 Å². The first-order chi connectivity index (χ1) is 14.3. The zero-order valence-electron chi connectivity index (χ0n) is 17.6. The Bertz CT molecular complexity index is 691. The van der Waals surface area contributed by atoms with Crippen molar-refractivity contribution in [3.05, 3.63) is 48.8 Å². The van der Waals surface area contributed by atoms with E-state index >= 15 is 0 Å². The first-order valence-corrected chi connectivity index (χ1v) is 10.8. The van der Waals surface area contributed by atoms with Crippen LogP contribution in [0.25, 0.3) is 0 Å². The molecular weight excluding hydrogens is 362 g/mol. The maximum Gasteiger partial charge on any atom is 0.190 e. The van der Waals surface area contributed by atoms with Gasteiger partial charge in [-0.2, -0.15) is 5.10 Å². The fourth-order valence-corrected chi connectivity index (χ4v) is 3.64. The summed E-state index contributed by atoms with van der Waals surface area (Å²) in [6, 6.07) is 12.7. The number of hydrogen-bond donors (Lipinski definition) is 2. The van der Waals surface area contributed by atoms with Crippen LogP contribution >= 0.6 is 0 Å². The Hall–Kier alpha value is -2.54. The molecule has 3 rings (SSSR count). The summed E-state index contributed by atoms with van der Waals surface area (Å²) in [6.45, 7) is 8.51.